The first-order valence-electron chi connectivity index (χ1n) is 9.00. The third-order valence-electron chi connectivity index (χ3n) is 4.48. The molecule has 0 radical (unpaired) electrons. The molecule has 0 spiro atoms. The molecule has 0 aliphatic carbocycles. The van der Waals surface area contributed by atoms with Gasteiger partial charge >= 0.3 is 12.1 Å². The van der Waals surface area contributed by atoms with E-state index in [0.29, 0.717) is 13.1 Å². The van der Waals surface area contributed by atoms with Gasteiger partial charge in [0.1, 0.15) is 12.6 Å². The summed E-state index contributed by atoms with van der Waals surface area (Å²) in [7, 11) is 0. The Morgan fingerprint density at radius 2 is 1.81 bits per heavy atom. The molecular weight excluding hydrogens is 336 g/mol. The van der Waals surface area contributed by atoms with Crippen molar-refractivity contribution >= 4 is 18.0 Å². The Hall–Kier alpha value is -2.57. The van der Waals surface area contributed by atoms with Crippen molar-refractivity contribution in [3.05, 3.63) is 35.9 Å². The second kappa shape index (κ2) is 9.79. The molecule has 0 saturated carbocycles. The number of carboxylic acids is 1. The highest BCUT2D eigenvalue weighted by Gasteiger charge is 2.35. The molecule has 0 aromatic heterocycles. The van der Waals surface area contributed by atoms with Gasteiger partial charge in [0.05, 0.1) is 6.42 Å². The lowest BCUT2D eigenvalue weighted by atomic mass is 10.1. The van der Waals surface area contributed by atoms with Crippen molar-refractivity contribution in [3.63, 3.8) is 0 Å². The zero-order valence-electron chi connectivity index (χ0n) is 15.1. The van der Waals surface area contributed by atoms with Crippen LogP contribution in [0.4, 0.5) is 4.79 Å². The maximum atomic E-state index is 12.8. The lowest BCUT2D eigenvalue weighted by Gasteiger charge is -2.34. The van der Waals surface area contributed by atoms with Gasteiger partial charge in [-0.2, -0.15) is 0 Å². The van der Waals surface area contributed by atoms with Crippen LogP contribution in [0.1, 0.15) is 38.2 Å². The molecule has 2 rings (SSSR count). The lowest BCUT2D eigenvalue weighted by molar-refractivity contribution is -0.145. The van der Waals surface area contributed by atoms with E-state index in [-0.39, 0.29) is 19.1 Å². The average Bonchev–Trinajstić information content (AvgIpc) is 2.67. The van der Waals surface area contributed by atoms with E-state index in [2.05, 4.69) is 0 Å². The number of hydrogen-bond acceptors (Lipinski definition) is 4. The number of piperidine rings is 1. The maximum Gasteiger partial charge on any atom is 0.410 e. The van der Waals surface area contributed by atoms with E-state index >= 15 is 0 Å². The van der Waals surface area contributed by atoms with Crippen LogP contribution in [0.15, 0.2) is 30.3 Å². The molecule has 142 valence electrons. The summed E-state index contributed by atoms with van der Waals surface area (Å²) in [5.74, 6) is -1.43. The number of benzene rings is 1. The number of amides is 2. The molecule has 1 aromatic rings. The van der Waals surface area contributed by atoms with Crippen LogP contribution in [0.3, 0.4) is 0 Å². The summed E-state index contributed by atoms with van der Waals surface area (Å²) in [5.41, 5.74) is 0.828. The van der Waals surface area contributed by atoms with Crippen LogP contribution in [-0.2, 0) is 20.9 Å². The van der Waals surface area contributed by atoms with Gasteiger partial charge in [-0.1, -0.05) is 30.3 Å². The van der Waals surface area contributed by atoms with E-state index in [1.807, 2.05) is 30.3 Å². The monoisotopic (exact) mass is 362 g/mol. The Kier molecular flexibility index (Phi) is 7.44. The summed E-state index contributed by atoms with van der Waals surface area (Å²) < 4.78 is 5.30. The summed E-state index contributed by atoms with van der Waals surface area (Å²) >= 11 is 0. The Morgan fingerprint density at radius 3 is 2.38 bits per heavy atom. The lowest BCUT2D eigenvalue weighted by Crippen LogP contribution is -2.53. The third-order valence-corrected chi connectivity index (χ3v) is 4.48. The Bertz CT molecular complexity index is 614. The summed E-state index contributed by atoms with van der Waals surface area (Å²) in [6.07, 6.45) is 1.76. The smallest absolute Gasteiger partial charge is 0.410 e. The second-order valence-corrected chi connectivity index (χ2v) is 6.33. The zero-order chi connectivity index (χ0) is 18.9. The van der Waals surface area contributed by atoms with Crippen molar-refractivity contribution in [1.29, 1.82) is 0 Å². The minimum atomic E-state index is -1.12. The Balaban J connectivity index is 2.07. The number of likely N-dealkylation sites (tertiary alicyclic amines) is 1. The largest absolute Gasteiger partial charge is 0.481 e. The molecular formula is C19H26N2O5. The first kappa shape index (κ1) is 19.8. The van der Waals surface area contributed by atoms with E-state index in [4.69, 9.17) is 4.74 Å². The van der Waals surface area contributed by atoms with E-state index < -0.39 is 24.5 Å². The fourth-order valence-corrected chi connectivity index (χ4v) is 3.10. The molecule has 2 amide bonds. The minimum absolute atomic E-state index is 0.0773. The highest BCUT2D eigenvalue weighted by atomic mass is 16.6. The number of ether oxygens (including phenoxy) is 1. The SMILES string of the molecule is CCN(C(=O)OCc1ccccc1)C(CC(=O)O)C(=O)N1CCCCC1. The number of carboxylic acid groups (broad SMARTS) is 1. The van der Waals surface area contributed by atoms with Gasteiger partial charge in [-0.3, -0.25) is 14.5 Å². The van der Waals surface area contributed by atoms with Gasteiger partial charge in [-0.15, -0.1) is 0 Å². The molecule has 1 atom stereocenters. The van der Waals surface area contributed by atoms with Gasteiger partial charge in [0.2, 0.25) is 5.91 Å². The van der Waals surface area contributed by atoms with E-state index in [9.17, 15) is 19.5 Å². The van der Waals surface area contributed by atoms with Crippen molar-refractivity contribution < 1.29 is 24.2 Å². The predicted octanol–water partition coefficient (Wildman–Crippen LogP) is 2.50. The highest BCUT2D eigenvalue weighted by Crippen LogP contribution is 2.16. The third kappa shape index (κ3) is 5.47. The van der Waals surface area contributed by atoms with E-state index in [0.717, 1.165) is 24.8 Å². The van der Waals surface area contributed by atoms with E-state index in [1.165, 1.54) is 4.90 Å². The van der Waals surface area contributed by atoms with Crippen LogP contribution in [0.2, 0.25) is 0 Å². The van der Waals surface area contributed by atoms with Gasteiger partial charge in [0.15, 0.2) is 0 Å². The van der Waals surface area contributed by atoms with Crippen molar-refractivity contribution in [3.8, 4) is 0 Å². The average molecular weight is 362 g/mol. The normalized spacial score (nSPS) is 15.2. The van der Waals surface area contributed by atoms with Crippen LogP contribution in [0.25, 0.3) is 0 Å². The number of carbonyl (C=O) groups is 3. The van der Waals surface area contributed by atoms with E-state index in [1.54, 1.807) is 11.8 Å². The first-order valence-corrected chi connectivity index (χ1v) is 9.00. The highest BCUT2D eigenvalue weighted by molar-refractivity contribution is 5.89. The fraction of sp³-hybridized carbons (Fsp3) is 0.526. The van der Waals surface area contributed by atoms with Crippen molar-refractivity contribution in [1.82, 2.24) is 9.80 Å². The predicted molar refractivity (Wildman–Crippen MR) is 95.5 cm³/mol. The molecule has 1 heterocycles. The molecule has 1 aliphatic rings. The molecule has 1 fully saturated rings. The first-order chi connectivity index (χ1) is 12.5. The topological polar surface area (TPSA) is 87.1 Å². The van der Waals surface area contributed by atoms with Gasteiger partial charge in [-0.05, 0) is 31.7 Å². The summed E-state index contributed by atoms with van der Waals surface area (Å²) in [6.45, 7) is 3.19. The molecule has 1 aliphatic heterocycles. The number of likely N-dealkylation sites (N-methyl/N-ethyl adjacent to an activating group) is 1. The fourth-order valence-electron chi connectivity index (χ4n) is 3.10. The molecule has 26 heavy (non-hydrogen) atoms. The van der Waals surface area contributed by atoms with Crippen molar-refractivity contribution in [2.75, 3.05) is 19.6 Å². The standard InChI is InChI=1S/C19H26N2O5/c1-2-21(19(25)26-14-15-9-5-3-6-10-15)16(13-17(22)23)18(24)20-11-7-4-8-12-20/h3,5-6,9-10,16H,2,4,7-8,11-14H2,1H3,(H,22,23). The minimum Gasteiger partial charge on any atom is -0.481 e. The Morgan fingerprint density at radius 1 is 1.15 bits per heavy atom. The van der Waals surface area contributed by atoms with Gasteiger partial charge < -0.3 is 14.7 Å². The summed E-state index contributed by atoms with van der Waals surface area (Å²) in [4.78, 5) is 39.5. The van der Waals surface area contributed by atoms with Crippen LogP contribution in [-0.4, -0.2) is 58.6 Å². The number of rotatable bonds is 7. The van der Waals surface area contributed by atoms with Gasteiger partial charge in [-0.25, -0.2) is 4.79 Å². The molecule has 7 heteroatoms. The Labute approximate surface area is 153 Å². The quantitative estimate of drug-likeness (QED) is 0.805. The molecule has 7 nitrogen and oxygen atoms in total. The van der Waals surface area contributed by atoms with Crippen molar-refractivity contribution in [2.24, 2.45) is 0 Å². The summed E-state index contributed by atoms with van der Waals surface area (Å²) in [6, 6.07) is 8.17. The molecule has 0 bridgehead atoms. The number of carbonyl (C=O) groups excluding carboxylic acids is 2. The van der Waals surface area contributed by atoms with Crippen LogP contribution >= 0.6 is 0 Å². The number of hydrogen-bond donors (Lipinski definition) is 1. The zero-order valence-corrected chi connectivity index (χ0v) is 15.1. The van der Waals surface area contributed by atoms with Crippen molar-refractivity contribution in [2.45, 2.75) is 45.3 Å². The second-order valence-electron chi connectivity index (χ2n) is 6.33. The van der Waals surface area contributed by atoms with Crippen LogP contribution < -0.4 is 0 Å². The van der Waals surface area contributed by atoms with Crippen LogP contribution in [0, 0.1) is 0 Å². The van der Waals surface area contributed by atoms with Crippen LogP contribution in [0.5, 0.6) is 0 Å². The maximum absolute atomic E-state index is 12.8. The summed E-state index contributed by atoms with van der Waals surface area (Å²) in [5, 5.41) is 9.22. The van der Waals surface area contributed by atoms with Gasteiger partial charge in [0, 0.05) is 19.6 Å². The molecule has 1 unspecified atom stereocenters. The molecule has 1 saturated heterocycles. The number of nitrogens with zero attached hydrogens (tertiary/aromatic N) is 2. The van der Waals surface area contributed by atoms with Gasteiger partial charge in [0.25, 0.3) is 0 Å². The molecule has 1 N–H and O–H groups in total. The number of aliphatic carboxylic acids is 1. The molecule has 1 aromatic carbocycles.